The Labute approximate surface area is 327 Å². The highest BCUT2D eigenvalue weighted by Crippen LogP contribution is 2.42. The van der Waals surface area contributed by atoms with E-state index in [1.807, 2.05) is 0 Å². The molecular formula is C40H24Cl4N6O4. The molecule has 7 rings (SSSR count). The van der Waals surface area contributed by atoms with Gasteiger partial charge in [-0.15, -0.1) is 10.2 Å². The molecular weight excluding hydrogens is 770 g/mol. The zero-order valence-corrected chi connectivity index (χ0v) is 30.6. The van der Waals surface area contributed by atoms with Crippen molar-refractivity contribution < 1.29 is 19.8 Å². The Bertz CT molecular complexity index is 2460. The van der Waals surface area contributed by atoms with Crippen LogP contribution in [-0.2, 0) is 0 Å². The number of hydrogen-bond donors (Lipinski definition) is 4. The number of halogens is 4. The van der Waals surface area contributed by atoms with Crippen LogP contribution >= 0.6 is 46.4 Å². The Morgan fingerprint density at radius 1 is 0.463 bits per heavy atom. The van der Waals surface area contributed by atoms with Crippen LogP contribution in [0.1, 0.15) is 20.7 Å². The second-order valence-corrected chi connectivity index (χ2v) is 13.6. The Balaban J connectivity index is 1.11. The number of amides is 2. The smallest absolute Gasteiger partial charge is 0.259 e. The molecule has 266 valence electrons. The number of anilines is 2. The number of phenols is 2. The minimum atomic E-state index is -0.611. The maximum atomic E-state index is 13.5. The van der Waals surface area contributed by atoms with Crippen LogP contribution in [0.2, 0.25) is 20.1 Å². The van der Waals surface area contributed by atoms with E-state index in [1.54, 1.807) is 121 Å². The Morgan fingerprint density at radius 3 is 1.19 bits per heavy atom. The van der Waals surface area contributed by atoms with Gasteiger partial charge in [-0.3, -0.25) is 9.59 Å². The molecule has 0 saturated carbocycles. The molecule has 0 aliphatic rings. The normalized spacial score (nSPS) is 11.5. The molecule has 0 unspecified atom stereocenters. The highest BCUT2D eigenvalue weighted by molar-refractivity contribution is 6.35. The third-order valence-electron chi connectivity index (χ3n) is 8.11. The van der Waals surface area contributed by atoms with Crippen LogP contribution in [0, 0.1) is 0 Å². The summed E-state index contributed by atoms with van der Waals surface area (Å²) in [6.45, 7) is 0. The summed E-state index contributed by atoms with van der Waals surface area (Å²) in [6, 6.07) is 33.0. The number of phenolic OH excluding ortho intramolecular Hbond substituents is 2. The second kappa shape index (κ2) is 15.5. The Morgan fingerprint density at radius 2 is 0.815 bits per heavy atom. The number of nitrogens with zero attached hydrogens (tertiary/aromatic N) is 4. The molecule has 7 aromatic rings. The van der Waals surface area contributed by atoms with Crippen molar-refractivity contribution in [3.05, 3.63) is 153 Å². The molecule has 4 N–H and O–H groups in total. The van der Waals surface area contributed by atoms with Gasteiger partial charge in [0.2, 0.25) is 0 Å². The molecule has 0 atom stereocenters. The first-order valence-corrected chi connectivity index (χ1v) is 17.5. The lowest BCUT2D eigenvalue weighted by Crippen LogP contribution is -2.13. The van der Waals surface area contributed by atoms with Crippen LogP contribution in [0.3, 0.4) is 0 Å². The van der Waals surface area contributed by atoms with E-state index in [1.165, 1.54) is 0 Å². The van der Waals surface area contributed by atoms with Crippen molar-refractivity contribution in [2.45, 2.75) is 0 Å². The molecule has 0 radical (unpaired) electrons. The van der Waals surface area contributed by atoms with E-state index >= 15 is 0 Å². The molecule has 54 heavy (non-hydrogen) atoms. The van der Waals surface area contributed by atoms with E-state index in [2.05, 4.69) is 31.1 Å². The van der Waals surface area contributed by atoms with Crippen LogP contribution in [0.25, 0.3) is 21.5 Å². The van der Waals surface area contributed by atoms with E-state index in [-0.39, 0.29) is 34.0 Å². The maximum absolute atomic E-state index is 13.5. The molecule has 0 spiro atoms. The summed E-state index contributed by atoms with van der Waals surface area (Å²) in [6.07, 6.45) is 0. The van der Waals surface area contributed by atoms with Gasteiger partial charge in [-0.2, -0.15) is 10.2 Å². The van der Waals surface area contributed by atoms with Gasteiger partial charge in [0.15, 0.2) is 11.5 Å². The lowest BCUT2D eigenvalue weighted by Gasteiger charge is -2.13. The number of carbonyl (C=O) groups is 2. The van der Waals surface area contributed by atoms with Crippen LogP contribution in [0.15, 0.2) is 142 Å². The van der Waals surface area contributed by atoms with E-state index in [0.29, 0.717) is 64.4 Å². The van der Waals surface area contributed by atoms with Gasteiger partial charge < -0.3 is 20.8 Å². The lowest BCUT2D eigenvalue weighted by atomic mass is 10.0. The first-order chi connectivity index (χ1) is 26.0. The number of hydrogen-bond acceptors (Lipinski definition) is 8. The molecule has 0 aromatic heterocycles. The molecule has 0 saturated heterocycles. The summed E-state index contributed by atoms with van der Waals surface area (Å²) in [4.78, 5) is 27.0. The molecule has 0 heterocycles. The predicted molar refractivity (Wildman–Crippen MR) is 215 cm³/mol. The minimum absolute atomic E-state index is 0.0395. The zero-order valence-electron chi connectivity index (χ0n) is 27.6. The van der Waals surface area contributed by atoms with Crippen LogP contribution in [0.5, 0.6) is 11.5 Å². The Kier molecular flexibility index (Phi) is 10.4. The summed E-state index contributed by atoms with van der Waals surface area (Å²) in [5, 5.41) is 48.8. The number of benzene rings is 7. The average molecular weight is 794 g/mol. The lowest BCUT2D eigenvalue weighted by molar-refractivity contribution is 0.101. The minimum Gasteiger partial charge on any atom is -0.505 e. The van der Waals surface area contributed by atoms with Gasteiger partial charge in [0.25, 0.3) is 11.8 Å². The highest BCUT2D eigenvalue weighted by Gasteiger charge is 2.21. The van der Waals surface area contributed by atoms with Gasteiger partial charge in [0.1, 0.15) is 11.4 Å². The standard InChI is InChI=1S/C40H24Cl4N6O4/c41-23-15-24(42)18-29(17-23)47-49-35-31-7-3-1-5-21(31)13-33(37(35)51)39(53)45-27-9-11-28(12-10-27)46-40(54)34-14-22-6-2-4-8-32(22)36(38(34)52)50-48-30-19-25(43)16-26(44)20-30/h1-20,51-52H,(H,45,53)(H,46,54). The van der Waals surface area contributed by atoms with Gasteiger partial charge in [-0.25, -0.2) is 0 Å². The predicted octanol–water partition coefficient (Wildman–Crippen LogP) is 13.4. The van der Waals surface area contributed by atoms with Crippen molar-refractivity contribution in [3.8, 4) is 11.5 Å². The summed E-state index contributed by atoms with van der Waals surface area (Å²) >= 11 is 24.4. The molecule has 0 bridgehead atoms. The van der Waals surface area contributed by atoms with Crippen molar-refractivity contribution in [1.29, 1.82) is 0 Å². The number of azo groups is 2. The molecule has 0 aliphatic carbocycles. The second-order valence-electron chi connectivity index (χ2n) is 11.8. The summed E-state index contributed by atoms with van der Waals surface area (Å²) in [5.74, 6) is -1.98. The highest BCUT2D eigenvalue weighted by atomic mass is 35.5. The van der Waals surface area contributed by atoms with E-state index in [4.69, 9.17) is 46.4 Å². The fourth-order valence-electron chi connectivity index (χ4n) is 5.63. The van der Waals surface area contributed by atoms with Gasteiger partial charge in [-0.1, -0.05) is 94.9 Å². The first kappa shape index (κ1) is 36.3. The van der Waals surface area contributed by atoms with E-state index < -0.39 is 11.8 Å². The fraction of sp³-hybridized carbons (Fsp3) is 0. The van der Waals surface area contributed by atoms with Crippen LogP contribution in [-0.4, -0.2) is 22.0 Å². The first-order valence-electron chi connectivity index (χ1n) is 16.0. The molecule has 7 aromatic carbocycles. The van der Waals surface area contributed by atoms with Gasteiger partial charge in [0.05, 0.1) is 22.5 Å². The summed E-state index contributed by atoms with van der Waals surface area (Å²) < 4.78 is 0. The SMILES string of the molecule is O=C(Nc1ccc(NC(=O)c2cc3ccccc3c(N=Nc3cc(Cl)cc(Cl)c3)c2O)cc1)c1cc2ccccc2c(N=Nc2cc(Cl)cc(Cl)c2)c1O. The third-order valence-corrected chi connectivity index (χ3v) is 8.98. The topological polar surface area (TPSA) is 148 Å². The van der Waals surface area contributed by atoms with Crippen molar-refractivity contribution >= 4 is 114 Å². The van der Waals surface area contributed by atoms with E-state index in [0.717, 1.165) is 0 Å². The van der Waals surface area contributed by atoms with Crippen molar-refractivity contribution in [1.82, 2.24) is 0 Å². The fourth-order valence-corrected chi connectivity index (χ4v) is 6.66. The molecule has 10 nitrogen and oxygen atoms in total. The van der Waals surface area contributed by atoms with Crippen molar-refractivity contribution in [3.63, 3.8) is 0 Å². The number of carbonyl (C=O) groups excluding carboxylic acids is 2. The molecule has 0 fully saturated rings. The number of fused-ring (bicyclic) bond motifs is 2. The zero-order chi connectivity index (χ0) is 37.9. The third kappa shape index (κ3) is 7.97. The largest absolute Gasteiger partial charge is 0.505 e. The van der Waals surface area contributed by atoms with Crippen molar-refractivity contribution in [2.24, 2.45) is 20.5 Å². The van der Waals surface area contributed by atoms with Gasteiger partial charge in [0, 0.05) is 42.2 Å². The number of nitrogens with one attached hydrogen (secondary N) is 2. The molecule has 0 aliphatic heterocycles. The monoisotopic (exact) mass is 792 g/mol. The Hall–Kier alpha value is -6.04. The molecule has 2 amide bonds. The maximum Gasteiger partial charge on any atom is 0.259 e. The molecule has 14 heteroatoms. The van der Waals surface area contributed by atoms with Gasteiger partial charge in [-0.05, 0) is 83.6 Å². The number of rotatable bonds is 8. The summed E-state index contributed by atoms with van der Waals surface area (Å²) in [5.41, 5.74) is 1.56. The van der Waals surface area contributed by atoms with Gasteiger partial charge >= 0.3 is 0 Å². The average Bonchev–Trinajstić information content (AvgIpc) is 3.13. The number of aromatic hydroxyl groups is 2. The van der Waals surface area contributed by atoms with E-state index in [9.17, 15) is 19.8 Å². The quantitative estimate of drug-likeness (QED) is 0.113. The van der Waals surface area contributed by atoms with Crippen LogP contribution in [0.4, 0.5) is 34.1 Å². The van der Waals surface area contributed by atoms with Crippen molar-refractivity contribution in [2.75, 3.05) is 10.6 Å². The summed E-state index contributed by atoms with van der Waals surface area (Å²) in [7, 11) is 0. The van der Waals surface area contributed by atoms with Crippen LogP contribution < -0.4 is 10.6 Å².